The number of phenolic OH excluding ortho intramolecular Hbond substituents is 1. The van der Waals surface area contributed by atoms with E-state index in [2.05, 4.69) is 85.8 Å². The second kappa shape index (κ2) is 12.1. The number of benzene rings is 5. The number of hydrogen-bond donors (Lipinski definition) is 3. The van der Waals surface area contributed by atoms with E-state index < -0.39 is 0 Å². The fraction of sp³-hybridized carbons (Fsp3) is 0.189. The lowest BCUT2D eigenvalue weighted by atomic mass is 9.76. The third-order valence-electron chi connectivity index (χ3n) is 8.02. The van der Waals surface area contributed by atoms with Gasteiger partial charge in [0.1, 0.15) is 5.75 Å². The molecular formula is C37H38N2O. The smallest absolute Gasteiger partial charge is 0.124 e. The predicted octanol–water partition coefficient (Wildman–Crippen LogP) is 8.04. The number of nitrogen functional groups attached to an aromatic ring is 2. The number of hydrogen-bond acceptors (Lipinski definition) is 3. The average molecular weight is 527 g/mol. The van der Waals surface area contributed by atoms with Crippen molar-refractivity contribution in [2.45, 2.75) is 45.4 Å². The molecule has 5 aromatic carbocycles. The molecule has 40 heavy (non-hydrogen) atoms. The summed E-state index contributed by atoms with van der Waals surface area (Å²) in [5.41, 5.74) is 24.5. The third-order valence-corrected chi connectivity index (χ3v) is 8.02. The van der Waals surface area contributed by atoms with Gasteiger partial charge in [0.25, 0.3) is 0 Å². The average Bonchev–Trinajstić information content (AvgIpc) is 2.98. The van der Waals surface area contributed by atoms with Crippen molar-refractivity contribution in [3.63, 3.8) is 0 Å². The lowest BCUT2D eigenvalue weighted by Crippen LogP contribution is -2.14. The monoisotopic (exact) mass is 526 g/mol. The van der Waals surface area contributed by atoms with Crippen LogP contribution in [-0.2, 0) is 25.7 Å². The number of aryl methyl sites for hydroxylation is 1. The zero-order chi connectivity index (χ0) is 28.1. The fourth-order valence-corrected chi connectivity index (χ4v) is 5.95. The topological polar surface area (TPSA) is 72.3 Å². The van der Waals surface area contributed by atoms with E-state index in [1.165, 1.54) is 27.8 Å². The van der Waals surface area contributed by atoms with Gasteiger partial charge in [-0.05, 0) is 76.8 Å². The van der Waals surface area contributed by atoms with Crippen LogP contribution < -0.4 is 11.5 Å². The minimum Gasteiger partial charge on any atom is -0.507 e. The van der Waals surface area contributed by atoms with Crippen molar-refractivity contribution in [1.82, 2.24) is 0 Å². The standard InChI is InChI=1S/C37H38N2O/c1-3-27-17-11-18-29(32(27)23-25-13-7-5-8-14-25)36(31-21-22-35(39)28(4-2)37(31)40)30-19-12-20-34(38)33(30)24-26-15-9-6-10-16-26/h5-22,36,40H,3-4,23-24,38-39H2,1-2H3. The van der Waals surface area contributed by atoms with E-state index in [0.717, 1.165) is 40.8 Å². The van der Waals surface area contributed by atoms with Gasteiger partial charge in [0.05, 0.1) is 0 Å². The van der Waals surface area contributed by atoms with E-state index in [4.69, 9.17) is 11.5 Å². The Labute approximate surface area is 238 Å². The zero-order valence-electron chi connectivity index (χ0n) is 23.4. The molecular weight excluding hydrogens is 488 g/mol. The molecule has 0 spiro atoms. The SMILES string of the molecule is CCc1cccc(C(c2ccc(N)c(CC)c2O)c2cccc(N)c2Cc2ccccc2)c1Cc1ccccc1. The molecule has 0 aliphatic carbocycles. The van der Waals surface area contributed by atoms with Crippen LogP contribution in [0, 0.1) is 0 Å². The zero-order valence-corrected chi connectivity index (χ0v) is 23.4. The van der Waals surface area contributed by atoms with Crippen molar-refractivity contribution in [3.8, 4) is 5.75 Å². The number of anilines is 2. The van der Waals surface area contributed by atoms with Crippen molar-refractivity contribution >= 4 is 11.4 Å². The van der Waals surface area contributed by atoms with Crippen LogP contribution in [0.2, 0.25) is 0 Å². The van der Waals surface area contributed by atoms with Gasteiger partial charge in [0.2, 0.25) is 0 Å². The Morgan fingerprint density at radius 1 is 0.525 bits per heavy atom. The van der Waals surface area contributed by atoms with Crippen LogP contribution in [-0.4, -0.2) is 5.11 Å². The van der Waals surface area contributed by atoms with Crippen molar-refractivity contribution in [2.75, 3.05) is 11.5 Å². The van der Waals surface area contributed by atoms with Gasteiger partial charge in [-0.25, -0.2) is 0 Å². The van der Waals surface area contributed by atoms with Crippen LogP contribution in [0.1, 0.15) is 69.8 Å². The molecule has 1 unspecified atom stereocenters. The van der Waals surface area contributed by atoms with Crippen LogP contribution in [0.5, 0.6) is 5.75 Å². The Morgan fingerprint density at radius 2 is 1.07 bits per heavy atom. The Morgan fingerprint density at radius 3 is 1.68 bits per heavy atom. The minimum absolute atomic E-state index is 0.224. The molecule has 5 aromatic rings. The van der Waals surface area contributed by atoms with Gasteiger partial charge >= 0.3 is 0 Å². The lowest BCUT2D eigenvalue weighted by Gasteiger charge is -2.28. The first-order valence-corrected chi connectivity index (χ1v) is 14.2. The summed E-state index contributed by atoms with van der Waals surface area (Å²) in [7, 11) is 0. The van der Waals surface area contributed by atoms with Crippen molar-refractivity contribution in [3.05, 3.63) is 159 Å². The fourth-order valence-electron chi connectivity index (χ4n) is 5.95. The number of nitrogens with two attached hydrogens (primary N) is 2. The van der Waals surface area contributed by atoms with Gasteiger partial charge in [-0.3, -0.25) is 0 Å². The highest BCUT2D eigenvalue weighted by Crippen LogP contribution is 2.44. The van der Waals surface area contributed by atoms with Crippen LogP contribution in [0.4, 0.5) is 11.4 Å². The van der Waals surface area contributed by atoms with E-state index in [1.54, 1.807) is 0 Å². The van der Waals surface area contributed by atoms with E-state index in [1.807, 2.05) is 37.3 Å². The summed E-state index contributed by atoms with van der Waals surface area (Å²) in [4.78, 5) is 0. The Kier molecular flexibility index (Phi) is 8.21. The molecule has 0 fully saturated rings. The molecule has 0 amide bonds. The van der Waals surface area contributed by atoms with E-state index >= 15 is 0 Å². The predicted molar refractivity (Wildman–Crippen MR) is 168 cm³/mol. The molecule has 0 bridgehead atoms. The quantitative estimate of drug-likeness (QED) is 0.134. The minimum atomic E-state index is -0.224. The normalized spacial score (nSPS) is 11.8. The van der Waals surface area contributed by atoms with Crippen molar-refractivity contribution in [2.24, 2.45) is 0 Å². The highest BCUT2D eigenvalue weighted by Gasteiger charge is 2.28. The maximum atomic E-state index is 11.7. The van der Waals surface area contributed by atoms with Gasteiger partial charge in [0.15, 0.2) is 0 Å². The molecule has 0 aliphatic rings. The van der Waals surface area contributed by atoms with Gasteiger partial charge in [-0.1, -0.05) is 111 Å². The Bertz CT molecular complexity index is 1590. The summed E-state index contributed by atoms with van der Waals surface area (Å²) in [5, 5.41) is 11.7. The molecule has 0 saturated carbocycles. The molecule has 0 aliphatic heterocycles. The van der Waals surface area contributed by atoms with Crippen LogP contribution in [0.15, 0.2) is 109 Å². The summed E-state index contributed by atoms with van der Waals surface area (Å²) >= 11 is 0. The molecule has 5 rings (SSSR count). The summed E-state index contributed by atoms with van der Waals surface area (Å²) < 4.78 is 0. The van der Waals surface area contributed by atoms with Crippen LogP contribution in [0.3, 0.4) is 0 Å². The maximum Gasteiger partial charge on any atom is 0.124 e. The molecule has 5 N–H and O–H groups in total. The molecule has 202 valence electrons. The number of phenols is 1. The first kappa shape index (κ1) is 27.1. The summed E-state index contributed by atoms with van der Waals surface area (Å²) in [6.07, 6.45) is 3.09. The molecule has 0 radical (unpaired) electrons. The summed E-state index contributed by atoms with van der Waals surface area (Å²) in [5.74, 6) is 0.0477. The van der Waals surface area contributed by atoms with Gasteiger partial charge in [-0.15, -0.1) is 0 Å². The second-order valence-electron chi connectivity index (χ2n) is 10.4. The van der Waals surface area contributed by atoms with Gasteiger partial charge in [0, 0.05) is 28.4 Å². The molecule has 3 nitrogen and oxygen atoms in total. The highest BCUT2D eigenvalue weighted by molar-refractivity contribution is 5.65. The van der Waals surface area contributed by atoms with Crippen molar-refractivity contribution in [1.29, 1.82) is 0 Å². The Hall–Kier alpha value is -4.50. The van der Waals surface area contributed by atoms with Crippen LogP contribution in [0.25, 0.3) is 0 Å². The number of aromatic hydroxyl groups is 1. The Balaban J connectivity index is 1.79. The molecule has 3 heteroatoms. The molecule has 1 atom stereocenters. The van der Waals surface area contributed by atoms with Crippen LogP contribution >= 0.6 is 0 Å². The van der Waals surface area contributed by atoms with Crippen molar-refractivity contribution < 1.29 is 5.11 Å². The van der Waals surface area contributed by atoms with Gasteiger partial charge < -0.3 is 16.6 Å². The van der Waals surface area contributed by atoms with E-state index in [0.29, 0.717) is 18.5 Å². The third kappa shape index (κ3) is 5.46. The maximum absolute atomic E-state index is 11.7. The largest absolute Gasteiger partial charge is 0.507 e. The molecule has 0 saturated heterocycles. The highest BCUT2D eigenvalue weighted by atomic mass is 16.3. The van der Waals surface area contributed by atoms with E-state index in [-0.39, 0.29) is 11.7 Å². The second-order valence-corrected chi connectivity index (χ2v) is 10.4. The first-order valence-electron chi connectivity index (χ1n) is 14.2. The summed E-state index contributed by atoms with van der Waals surface area (Å²) in [6, 6.07) is 37.8. The van der Waals surface area contributed by atoms with E-state index in [9.17, 15) is 5.11 Å². The van der Waals surface area contributed by atoms with Gasteiger partial charge in [-0.2, -0.15) is 0 Å². The molecule has 0 heterocycles. The summed E-state index contributed by atoms with van der Waals surface area (Å²) in [6.45, 7) is 4.24. The molecule has 0 aromatic heterocycles. The first-order chi connectivity index (χ1) is 19.5. The lowest BCUT2D eigenvalue weighted by molar-refractivity contribution is 0.461. The number of rotatable bonds is 9.